The van der Waals surface area contributed by atoms with Crippen molar-refractivity contribution in [3.8, 4) is 11.8 Å². The number of hydrogen-bond donors (Lipinski definition) is 0. The fourth-order valence-corrected chi connectivity index (χ4v) is 2.92. The summed E-state index contributed by atoms with van der Waals surface area (Å²) >= 11 is 0. The Hall–Kier alpha value is -2.59. The molecule has 0 atom stereocenters. The van der Waals surface area contributed by atoms with Gasteiger partial charge in [0.15, 0.2) is 6.61 Å². The van der Waals surface area contributed by atoms with Gasteiger partial charge in [-0.15, -0.1) is 0 Å². The Morgan fingerprint density at radius 3 is 2.59 bits per heavy atom. The molecule has 0 unspecified atom stereocenters. The molecule has 1 aromatic carbocycles. The van der Waals surface area contributed by atoms with Crippen molar-refractivity contribution < 1.29 is 14.3 Å². The molecule has 1 saturated heterocycles. The number of ether oxygens (including phenoxy) is 1. The maximum absolute atomic E-state index is 12.4. The van der Waals surface area contributed by atoms with E-state index in [9.17, 15) is 9.59 Å². The van der Waals surface area contributed by atoms with Gasteiger partial charge in [-0.25, -0.2) is 0 Å². The molecule has 2 rings (SSSR count). The highest BCUT2D eigenvalue weighted by atomic mass is 16.5. The Morgan fingerprint density at radius 2 is 1.93 bits per heavy atom. The minimum absolute atomic E-state index is 0.00304. The Kier molecular flexibility index (Phi) is 7.62. The highest BCUT2D eigenvalue weighted by Gasteiger charge is 2.23. The standard InChI is InChI=1S/C20H28N4O3/c1-16-6-4-7-18(17(16)2)27-15-20(26)24-12-10-23(11-13-24)14-19(25)22(3)9-5-8-21/h4,6-7H,5,9-15H2,1-3H3. The Morgan fingerprint density at radius 1 is 1.22 bits per heavy atom. The first-order valence-corrected chi connectivity index (χ1v) is 9.22. The molecule has 0 bridgehead atoms. The van der Waals surface area contributed by atoms with E-state index in [4.69, 9.17) is 10.00 Å². The predicted molar refractivity (Wildman–Crippen MR) is 102 cm³/mol. The van der Waals surface area contributed by atoms with E-state index in [1.807, 2.05) is 43.0 Å². The maximum Gasteiger partial charge on any atom is 0.260 e. The second-order valence-electron chi connectivity index (χ2n) is 6.87. The minimum Gasteiger partial charge on any atom is -0.483 e. The molecule has 7 nitrogen and oxygen atoms in total. The summed E-state index contributed by atoms with van der Waals surface area (Å²) in [6.07, 6.45) is 0.338. The first kappa shape index (κ1) is 20.7. The quantitative estimate of drug-likeness (QED) is 0.719. The van der Waals surface area contributed by atoms with Crippen LogP contribution >= 0.6 is 0 Å². The van der Waals surface area contributed by atoms with Crippen molar-refractivity contribution in [3.05, 3.63) is 29.3 Å². The lowest BCUT2D eigenvalue weighted by Gasteiger charge is -2.35. The number of nitrogens with zero attached hydrogens (tertiary/aromatic N) is 4. The molecule has 1 fully saturated rings. The van der Waals surface area contributed by atoms with E-state index in [1.165, 1.54) is 0 Å². The number of amides is 2. The third-order valence-electron chi connectivity index (χ3n) is 4.97. The van der Waals surface area contributed by atoms with Crippen molar-refractivity contribution >= 4 is 11.8 Å². The highest BCUT2D eigenvalue weighted by Crippen LogP contribution is 2.20. The topological polar surface area (TPSA) is 76.9 Å². The first-order valence-electron chi connectivity index (χ1n) is 9.22. The van der Waals surface area contributed by atoms with Gasteiger partial charge in [0.1, 0.15) is 5.75 Å². The molecular formula is C20H28N4O3. The number of nitriles is 1. The maximum atomic E-state index is 12.4. The van der Waals surface area contributed by atoms with Crippen LogP contribution < -0.4 is 4.74 Å². The van der Waals surface area contributed by atoms with Crippen molar-refractivity contribution in [2.24, 2.45) is 0 Å². The molecule has 146 valence electrons. The lowest BCUT2D eigenvalue weighted by Crippen LogP contribution is -2.52. The molecule has 0 saturated carbocycles. The fourth-order valence-electron chi connectivity index (χ4n) is 2.92. The summed E-state index contributed by atoms with van der Waals surface area (Å²) in [5.74, 6) is 0.712. The lowest BCUT2D eigenvalue weighted by molar-refractivity contribution is -0.136. The normalized spacial score (nSPS) is 14.5. The average Bonchev–Trinajstić information content (AvgIpc) is 2.67. The van der Waals surface area contributed by atoms with Gasteiger partial charge in [0.25, 0.3) is 5.91 Å². The van der Waals surface area contributed by atoms with Gasteiger partial charge in [-0.05, 0) is 31.0 Å². The molecule has 0 aliphatic carbocycles. The molecule has 1 aliphatic rings. The smallest absolute Gasteiger partial charge is 0.260 e. The van der Waals surface area contributed by atoms with Crippen molar-refractivity contribution in [1.29, 1.82) is 5.26 Å². The zero-order valence-electron chi connectivity index (χ0n) is 16.4. The molecule has 0 aromatic heterocycles. The van der Waals surface area contributed by atoms with Crippen molar-refractivity contribution in [1.82, 2.24) is 14.7 Å². The zero-order chi connectivity index (χ0) is 19.8. The molecule has 0 radical (unpaired) electrons. The van der Waals surface area contributed by atoms with Gasteiger partial charge in [-0.3, -0.25) is 14.5 Å². The SMILES string of the molecule is Cc1cccc(OCC(=O)N2CCN(CC(=O)N(C)CCC#N)CC2)c1C. The molecule has 1 aliphatic heterocycles. The van der Waals surface area contributed by atoms with Gasteiger partial charge in [0, 0.05) is 39.8 Å². The van der Waals surface area contributed by atoms with E-state index < -0.39 is 0 Å². The van der Waals surface area contributed by atoms with Gasteiger partial charge in [0.2, 0.25) is 5.91 Å². The average molecular weight is 372 g/mol. The number of hydrogen-bond acceptors (Lipinski definition) is 5. The summed E-state index contributed by atoms with van der Waals surface area (Å²) in [4.78, 5) is 29.9. The number of benzene rings is 1. The van der Waals surface area contributed by atoms with Crippen LogP contribution in [0.25, 0.3) is 0 Å². The number of piperazine rings is 1. The van der Waals surface area contributed by atoms with Crippen molar-refractivity contribution in [2.75, 3.05) is 52.9 Å². The van der Waals surface area contributed by atoms with E-state index >= 15 is 0 Å². The summed E-state index contributed by atoms with van der Waals surface area (Å²) in [5.41, 5.74) is 2.19. The second-order valence-corrected chi connectivity index (χ2v) is 6.87. The first-order chi connectivity index (χ1) is 12.9. The molecular weight excluding hydrogens is 344 g/mol. The van der Waals surface area contributed by atoms with E-state index in [-0.39, 0.29) is 18.4 Å². The van der Waals surface area contributed by atoms with Crippen LogP contribution in [-0.2, 0) is 9.59 Å². The Bertz CT molecular complexity index is 706. The van der Waals surface area contributed by atoms with Crippen LogP contribution in [0.1, 0.15) is 17.5 Å². The number of aryl methyl sites for hydroxylation is 1. The number of carbonyl (C=O) groups excluding carboxylic acids is 2. The lowest BCUT2D eigenvalue weighted by atomic mass is 10.1. The molecule has 0 N–H and O–H groups in total. The summed E-state index contributed by atoms with van der Waals surface area (Å²) in [7, 11) is 1.71. The minimum atomic E-state index is -0.0342. The van der Waals surface area contributed by atoms with Gasteiger partial charge in [-0.2, -0.15) is 5.26 Å². The van der Waals surface area contributed by atoms with Gasteiger partial charge >= 0.3 is 0 Å². The summed E-state index contributed by atoms with van der Waals surface area (Å²) in [6, 6.07) is 7.86. The zero-order valence-corrected chi connectivity index (χ0v) is 16.4. The van der Waals surface area contributed by atoms with Crippen LogP contribution in [0.5, 0.6) is 5.75 Å². The molecule has 0 spiro atoms. The van der Waals surface area contributed by atoms with E-state index in [1.54, 1.807) is 16.8 Å². The van der Waals surface area contributed by atoms with Gasteiger partial charge in [-0.1, -0.05) is 12.1 Å². The number of likely N-dealkylation sites (N-methyl/N-ethyl adjacent to an activating group) is 1. The third kappa shape index (κ3) is 5.97. The molecule has 7 heteroatoms. The van der Waals surface area contributed by atoms with Gasteiger partial charge in [0.05, 0.1) is 19.0 Å². The van der Waals surface area contributed by atoms with Crippen LogP contribution in [0.4, 0.5) is 0 Å². The predicted octanol–water partition coefficient (Wildman–Crippen LogP) is 1.20. The summed E-state index contributed by atoms with van der Waals surface area (Å²) in [6.45, 7) is 7.29. The molecule has 27 heavy (non-hydrogen) atoms. The fraction of sp³-hybridized carbons (Fsp3) is 0.550. The van der Waals surface area contributed by atoms with E-state index in [0.29, 0.717) is 45.7 Å². The third-order valence-corrected chi connectivity index (χ3v) is 4.97. The Balaban J connectivity index is 1.75. The van der Waals surface area contributed by atoms with Crippen molar-refractivity contribution in [2.45, 2.75) is 20.3 Å². The van der Waals surface area contributed by atoms with E-state index in [2.05, 4.69) is 0 Å². The van der Waals surface area contributed by atoms with Crippen LogP contribution in [0.15, 0.2) is 18.2 Å². The van der Waals surface area contributed by atoms with Crippen LogP contribution in [0, 0.1) is 25.2 Å². The highest BCUT2D eigenvalue weighted by molar-refractivity contribution is 5.79. The molecule has 2 amide bonds. The largest absolute Gasteiger partial charge is 0.483 e. The number of carbonyl (C=O) groups is 2. The monoisotopic (exact) mass is 372 g/mol. The van der Waals surface area contributed by atoms with Crippen LogP contribution in [0.3, 0.4) is 0 Å². The molecule has 1 heterocycles. The number of rotatable bonds is 7. The van der Waals surface area contributed by atoms with E-state index in [0.717, 1.165) is 16.9 Å². The van der Waals surface area contributed by atoms with Crippen molar-refractivity contribution in [3.63, 3.8) is 0 Å². The van der Waals surface area contributed by atoms with Crippen LogP contribution in [-0.4, -0.2) is 79.4 Å². The summed E-state index contributed by atoms with van der Waals surface area (Å²) < 4.78 is 5.70. The van der Waals surface area contributed by atoms with Crippen LogP contribution in [0.2, 0.25) is 0 Å². The summed E-state index contributed by atoms with van der Waals surface area (Å²) in [5, 5.41) is 8.60. The molecule has 1 aromatic rings. The second kappa shape index (κ2) is 9.93. The Labute approximate surface area is 161 Å². The van der Waals surface area contributed by atoms with Gasteiger partial charge < -0.3 is 14.5 Å².